The minimum absolute atomic E-state index is 0.0379. The van der Waals surface area contributed by atoms with Crippen LogP contribution in [0, 0.1) is 25.2 Å². The van der Waals surface area contributed by atoms with Gasteiger partial charge in [-0.05, 0) is 20.3 Å². The summed E-state index contributed by atoms with van der Waals surface area (Å²) in [5.41, 5.74) is 2.41. The molecule has 2 rings (SSSR count). The van der Waals surface area contributed by atoms with E-state index in [2.05, 4.69) is 16.1 Å². The first kappa shape index (κ1) is 15.5. The van der Waals surface area contributed by atoms with Gasteiger partial charge in [-0.2, -0.15) is 10.4 Å². The monoisotopic (exact) mass is 289 g/mol. The van der Waals surface area contributed by atoms with Gasteiger partial charge in [0.25, 0.3) is 5.91 Å². The zero-order valence-corrected chi connectivity index (χ0v) is 13.3. The number of aryl methyl sites for hydroxylation is 2. The van der Waals surface area contributed by atoms with Crippen LogP contribution in [0.4, 0.5) is 0 Å². The number of rotatable bonds is 3. The minimum Gasteiger partial charge on any atom is -0.336 e. The summed E-state index contributed by atoms with van der Waals surface area (Å²) in [6.07, 6.45) is 0.825. The zero-order chi connectivity index (χ0) is 15.6. The SMILES string of the molecule is CCC(C#N)N1CCN(C(=O)c2c(C)nn(C)c2C)CC1. The fourth-order valence-corrected chi connectivity index (χ4v) is 2.91. The number of carbonyl (C=O) groups excluding carboxylic acids is 1. The van der Waals surface area contributed by atoms with E-state index < -0.39 is 0 Å². The largest absolute Gasteiger partial charge is 0.336 e. The Balaban J connectivity index is 2.06. The quantitative estimate of drug-likeness (QED) is 0.835. The molecule has 2 heterocycles. The molecule has 1 aromatic heterocycles. The minimum atomic E-state index is -0.0379. The van der Waals surface area contributed by atoms with Gasteiger partial charge < -0.3 is 4.90 Å². The fourth-order valence-electron chi connectivity index (χ4n) is 2.91. The molecular weight excluding hydrogens is 266 g/mol. The molecule has 1 fully saturated rings. The van der Waals surface area contributed by atoms with Gasteiger partial charge in [-0.1, -0.05) is 6.92 Å². The van der Waals surface area contributed by atoms with Gasteiger partial charge in [-0.3, -0.25) is 14.4 Å². The Labute approximate surface area is 125 Å². The number of amides is 1. The van der Waals surface area contributed by atoms with E-state index in [0.29, 0.717) is 13.1 Å². The van der Waals surface area contributed by atoms with Crippen molar-refractivity contribution in [1.29, 1.82) is 5.26 Å². The molecule has 0 aliphatic carbocycles. The van der Waals surface area contributed by atoms with Crippen molar-refractivity contribution in [1.82, 2.24) is 19.6 Å². The lowest BCUT2D eigenvalue weighted by Gasteiger charge is -2.36. The Hall–Kier alpha value is -1.87. The van der Waals surface area contributed by atoms with Crippen molar-refractivity contribution in [2.24, 2.45) is 7.05 Å². The first-order chi connectivity index (χ1) is 9.99. The first-order valence-corrected chi connectivity index (χ1v) is 7.42. The maximum absolute atomic E-state index is 12.7. The summed E-state index contributed by atoms with van der Waals surface area (Å²) in [6, 6.07) is 2.29. The molecule has 1 aliphatic rings. The van der Waals surface area contributed by atoms with E-state index in [1.54, 1.807) is 4.68 Å². The van der Waals surface area contributed by atoms with E-state index in [1.807, 2.05) is 32.7 Å². The van der Waals surface area contributed by atoms with Crippen LogP contribution in [-0.4, -0.2) is 57.7 Å². The molecule has 6 heteroatoms. The lowest BCUT2D eigenvalue weighted by molar-refractivity contribution is 0.0603. The first-order valence-electron chi connectivity index (χ1n) is 7.42. The summed E-state index contributed by atoms with van der Waals surface area (Å²) in [5.74, 6) is 0.0581. The van der Waals surface area contributed by atoms with E-state index >= 15 is 0 Å². The van der Waals surface area contributed by atoms with E-state index in [9.17, 15) is 4.79 Å². The predicted molar refractivity (Wildman–Crippen MR) is 79.9 cm³/mol. The van der Waals surface area contributed by atoms with Crippen LogP contribution in [0.2, 0.25) is 0 Å². The maximum atomic E-state index is 12.7. The molecule has 1 amide bonds. The van der Waals surface area contributed by atoms with Crippen molar-refractivity contribution >= 4 is 5.91 Å². The van der Waals surface area contributed by atoms with Gasteiger partial charge >= 0.3 is 0 Å². The average Bonchev–Trinajstić information content (AvgIpc) is 2.73. The lowest BCUT2D eigenvalue weighted by atomic mass is 10.1. The summed E-state index contributed by atoms with van der Waals surface area (Å²) < 4.78 is 1.75. The van der Waals surface area contributed by atoms with Gasteiger partial charge in [0, 0.05) is 38.9 Å². The standard InChI is InChI=1S/C15H23N5O/c1-5-13(10-16)19-6-8-20(9-7-19)15(21)14-11(2)17-18(4)12(14)3/h13H,5-9H2,1-4H3. The van der Waals surface area contributed by atoms with E-state index in [-0.39, 0.29) is 11.9 Å². The van der Waals surface area contributed by atoms with Crippen LogP contribution < -0.4 is 0 Å². The summed E-state index contributed by atoms with van der Waals surface area (Å²) >= 11 is 0. The van der Waals surface area contributed by atoms with Gasteiger partial charge in [0.1, 0.15) is 0 Å². The van der Waals surface area contributed by atoms with Crippen LogP contribution in [-0.2, 0) is 7.05 Å². The lowest BCUT2D eigenvalue weighted by Crippen LogP contribution is -2.51. The molecule has 1 unspecified atom stereocenters. The number of hydrogen-bond acceptors (Lipinski definition) is 4. The molecule has 1 aliphatic heterocycles. The second-order valence-corrected chi connectivity index (χ2v) is 5.55. The van der Waals surface area contributed by atoms with Crippen LogP contribution in [0.3, 0.4) is 0 Å². The topological polar surface area (TPSA) is 65.2 Å². The second-order valence-electron chi connectivity index (χ2n) is 5.55. The molecular formula is C15H23N5O. The number of hydrogen-bond donors (Lipinski definition) is 0. The molecule has 1 aromatic rings. The molecule has 0 saturated carbocycles. The van der Waals surface area contributed by atoms with E-state index in [4.69, 9.17) is 5.26 Å². The van der Waals surface area contributed by atoms with Crippen LogP contribution in [0.1, 0.15) is 35.1 Å². The van der Waals surface area contributed by atoms with Crippen LogP contribution in [0.5, 0.6) is 0 Å². The Morgan fingerprint density at radius 3 is 2.38 bits per heavy atom. The maximum Gasteiger partial charge on any atom is 0.257 e. The number of nitrogens with zero attached hydrogens (tertiary/aromatic N) is 5. The summed E-state index contributed by atoms with van der Waals surface area (Å²) in [7, 11) is 1.86. The highest BCUT2D eigenvalue weighted by atomic mass is 16.2. The molecule has 6 nitrogen and oxygen atoms in total. The highest BCUT2D eigenvalue weighted by Gasteiger charge is 2.28. The molecule has 21 heavy (non-hydrogen) atoms. The predicted octanol–water partition coefficient (Wildman–Crippen LogP) is 1.10. The van der Waals surface area contributed by atoms with Gasteiger partial charge in [-0.15, -0.1) is 0 Å². The third-order valence-corrected chi connectivity index (χ3v) is 4.30. The fraction of sp³-hybridized carbons (Fsp3) is 0.667. The van der Waals surface area contributed by atoms with Gasteiger partial charge in [0.05, 0.1) is 23.4 Å². The third-order valence-electron chi connectivity index (χ3n) is 4.30. The molecule has 0 radical (unpaired) electrons. The Morgan fingerprint density at radius 1 is 1.33 bits per heavy atom. The Morgan fingerprint density at radius 2 is 1.95 bits per heavy atom. The van der Waals surface area contributed by atoms with Gasteiger partial charge in [0.2, 0.25) is 0 Å². The Bertz CT molecular complexity index is 563. The molecule has 1 saturated heterocycles. The smallest absolute Gasteiger partial charge is 0.257 e. The zero-order valence-electron chi connectivity index (χ0n) is 13.3. The highest BCUT2D eigenvalue weighted by molar-refractivity contribution is 5.96. The second kappa shape index (κ2) is 6.27. The summed E-state index contributed by atoms with van der Waals surface area (Å²) in [6.45, 7) is 8.68. The number of nitriles is 1. The number of carbonyl (C=O) groups is 1. The van der Waals surface area contributed by atoms with Crippen molar-refractivity contribution in [3.05, 3.63) is 17.0 Å². The molecule has 0 spiro atoms. The molecule has 0 aromatic carbocycles. The van der Waals surface area contributed by atoms with Gasteiger partial charge in [0.15, 0.2) is 0 Å². The van der Waals surface area contributed by atoms with Crippen molar-refractivity contribution in [2.45, 2.75) is 33.2 Å². The molecule has 1 atom stereocenters. The van der Waals surface area contributed by atoms with Crippen LogP contribution in [0.25, 0.3) is 0 Å². The molecule has 0 bridgehead atoms. The molecule has 0 N–H and O–H groups in total. The third kappa shape index (κ3) is 2.93. The van der Waals surface area contributed by atoms with Crippen molar-refractivity contribution in [3.8, 4) is 6.07 Å². The van der Waals surface area contributed by atoms with Crippen molar-refractivity contribution in [3.63, 3.8) is 0 Å². The number of aromatic nitrogens is 2. The summed E-state index contributed by atoms with van der Waals surface area (Å²) in [5, 5.41) is 13.4. The Kier molecular flexibility index (Phi) is 4.63. The highest BCUT2D eigenvalue weighted by Crippen LogP contribution is 2.17. The van der Waals surface area contributed by atoms with Gasteiger partial charge in [-0.25, -0.2) is 0 Å². The molecule has 114 valence electrons. The van der Waals surface area contributed by atoms with Crippen LogP contribution in [0.15, 0.2) is 0 Å². The average molecular weight is 289 g/mol. The van der Waals surface area contributed by atoms with Crippen molar-refractivity contribution in [2.75, 3.05) is 26.2 Å². The number of piperazine rings is 1. The summed E-state index contributed by atoms with van der Waals surface area (Å²) in [4.78, 5) is 16.7. The van der Waals surface area contributed by atoms with E-state index in [1.165, 1.54) is 0 Å². The van der Waals surface area contributed by atoms with Crippen molar-refractivity contribution < 1.29 is 4.79 Å². The normalized spacial score (nSPS) is 17.6. The van der Waals surface area contributed by atoms with Crippen LogP contribution >= 0.6 is 0 Å². The van der Waals surface area contributed by atoms with E-state index in [0.717, 1.165) is 36.5 Å².